The van der Waals surface area contributed by atoms with Crippen LogP contribution in [0.4, 0.5) is 11.4 Å². The van der Waals surface area contributed by atoms with Gasteiger partial charge in [0.05, 0.1) is 4.92 Å². The van der Waals surface area contributed by atoms with E-state index in [0.29, 0.717) is 5.92 Å². The molecule has 1 aromatic rings. The fourth-order valence-corrected chi connectivity index (χ4v) is 1.41. The van der Waals surface area contributed by atoms with E-state index >= 15 is 0 Å². The predicted molar refractivity (Wildman–Crippen MR) is 65.8 cm³/mol. The van der Waals surface area contributed by atoms with Crippen molar-refractivity contribution >= 4 is 11.4 Å². The zero-order valence-corrected chi connectivity index (χ0v) is 9.99. The lowest BCUT2D eigenvalue weighted by molar-refractivity contribution is -0.384. The van der Waals surface area contributed by atoms with Gasteiger partial charge < -0.3 is 5.32 Å². The van der Waals surface area contributed by atoms with Crippen LogP contribution in [0.5, 0.6) is 0 Å². The minimum atomic E-state index is -0.360. The molecule has 0 aliphatic rings. The summed E-state index contributed by atoms with van der Waals surface area (Å²) in [7, 11) is 0. The van der Waals surface area contributed by atoms with Crippen LogP contribution in [-0.4, -0.2) is 11.5 Å². The number of hydrogen-bond acceptors (Lipinski definition) is 3. The number of nitrogens with zero attached hydrogens (tertiary/aromatic N) is 1. The number of nitrogens with one attached hydrogen (secondary N) is 1. The maximum atomic E-state index is 10.7. The predicted octanol–water partition coefficient (Wildman–Crippen LogP) is 3.36. The van der Waals surface area contributed by atoms with Crippen LogP contribution in [0.1, 0.15) is 25.8 Å². The minimum Gasteiger partial charge on any atom is -0.385 e. The van der Waals surface area contributed by atoms with Crippen LogP contribution < -0.4 is 5.32 Å². The maximum absolute atomic E-state index is 10.7. The molecule has 0 heterocycles. The van der Waals surface area contributed by atoms with Crippen molar-refractivity contribution in [1.82, 2.24) is 0 Å². The number of hydrogen-bond donors (Lipinski definition) is 1. The average Bonchev–Trinajstić information content (AvgIpc) is 2.25. The molecule has 4 nitrogen and oxygen atoms in total. The van der Waals surface area contributed by atoms with Crippen LogP contribution in [-0.2, 0) is 0 Å². The third-order valence-corrected chi connectivity index (χ3v) is 2.62. The van der Waals surface area contributed by atoms with Gasteiger partial charge in [-0.3, -0.25) is 10.1 Å². The van der Waals surface area contributed by atoms with E-state index in [1.807, 2.05) is 13.0 Å². The van der Waals surface area contributed by atoms with Gasteiger partial charge >= 0.3 is 0 Å². The maximum Gasteiger partial charge on any atom is 0.271 e. The molecule has 1 N–H and O–H groups in total. The van der Waals surface area contributed by atoms with Crippen LogP contribution in [0.15, 0.2) is 18.2 Å². The van der Waals surface area contributed by atoms with Gasteiger partial charge in [0.15, 0.2) is 0 Å². The van der Waals surface area contributed by atoms with Gasteiger partial charge in [-0.15, -0.1) is 0 Å². The summed E-state index contributed by atoms with van der Waals surface area (Å²) >= 11 is 0. The first-order chi connectivity index (χ1) is 7.52. The number of benzene rings is 1. The van der Waals surface area contributed by atoms with Crippen molar-refractivity contribution in [2.75, 3.05) is 11.9 Å². The van der Waals surface area contributed by atoms with Gasteiger partial charge in [-0.05, 0) is 24.5 Å². The molecule has 0 spiro atoms. The quantitative estimate of drug-likeness (QED) is 0.614. The monoisotopic (exact) mass is 222 g/mol. The van der Waals surface area contributed by atoms with Crippen molar-refractivity contribution in [1.29, 1.82) is 0 Å². The molecule has 16 heavy (non-hydrogen) atoms. The van der Waals surface area contributed by atoms with Gasteiger partial charge in [-0.1, -0.05) is 20.3 Å². The van der Waals surface area contributed by atoms with Crippen molar-refractivity contribution in [2.24, 2.45) is 5.92 Å². The second-order valence-corrected chi connectivity index (χ2v) is 4.21. The fourth-order valence-electron chi connectivity index (χ4n) is 1.41. The Kier molecular flexibility index (Phi) is 4.28. The molecule has 0 amide bonds. The first-order valence-electron chi connectivity index (χ1n) is 5.53. The Hall–Kier alpha value is -1.58. The lowest BCUT2D eigenvalue weighted by atomic mass is 10.1. The molecular weight excluding hydrogens is 204 g/mol. The highest BCUT2D eigenvalue weighted by molar-refractivity contribution is 5.53. The summed E-state index contributed by atoms with van der Waals surface area (Å²) < 4.78 is 0. The summed E-state index contributed by atoms with van der Waals surface area (Å²) in [6, 6.07) is 5.08. The van der Waals surface area contributed by atoms with Crippen molar-refractivity contribution in [3.8, 4) is 0 Å². The van der Waals surface area contributed by atoms with Crippen LogP contribution in [0.25, 0.3) is 0 Å². The largest absolute Gasteiger partial charge is 0.385 e. The Bertz CT molecular complexity index is 377. The van der Waals surface area contributed by atoms with E-state index in [2.05, 4.69) is 19.2 Å². The lowest BCUT2D eigenvalue weighted by Gasteiger charge is -2.11. The molecule has 88 valence electrons. The minimum absolute atomic E-state index is 0.145. The standard InChI is InChI=1S/C12H18N2O2/c1-4-9(2)8-13-11-5-10(3)6-12(7-11)14(15)16/h5-7,9,13H,4,8H2,1-3H3. The smallest absolute Gasteiger partial charge is 0.271 e. The second-order valence-electron chi connectivity index (χ2n) is 4.21. The Morgan fingerprint density at radius 1 is 1.44 bits per heavy atom. The molecule has 0 saturated heterocycles. The summed E-state index contributed by atoms with van der Waals surface area (Å²) in [6.07, 6.45) is 1.10. The van der Waals surface area contributed by atoms with Crippen molar-refractivity contribution in [3.05, 3.63) is 33.9 Å². The highest BCUT2D eigenvalue weighted by Crippen LogP contribution is 2.20. The average molecular weight is 222 g/mol. The zero-order valence-electron chi connectivity index (χ0n) is 9.99. The number of nitro groups is 1. The van der Waals surface area contributed by atoms with Crippen molar-refractivity contribution in [2.45, 2.75) is 27.2 Å². The summed E-state index contributed by atoms with van der Waals surface area (Å²) in [5, 5.41) is 13.9. The van der Waals surface area contributed by atoms with E-state index in [0.717, 1.165) is 24.2 Å². The van der Waals surface area contributed by atoms with Gasteiger partial charge in [-0.25, -0.2) is 0 Å². The zero-order chi connectivity index (χ0) is 12.1. The SMILES string of the molecule is CCC(C)CNc1cc(C)cc([N+](=O)[O-])c1. The second kappa shape index (κ2) is 5.49. The molecule has 0 fully saturated rings. The van der Waals surface area contributed by atoms with Gasteiger partial charge in [0, 0.05) is 24.4 Å². The van der Waals surface area contributed by atoms with Crippen LogP contribution in [0.2, 0.25) is 0 Å². The summed E-state index contributed by atoms with van der Waals surface area (Å²) in [5.41, 5.74) is 1.87. The molecule has 0 aliphatic heterocycles. The molecule has 0 aromatic heterocycles. The fraction of sp³-hybridized carbons (Fsp3) is 0.500. The highest BCUT2D eigenvalue weighted by Gasteiger charge is 2.08. The number of nitro benzene ring substituents is 1. The Labute approximate surface area is 95.8 Å². The van der Waals surface area contributed by atoms with E-state index < -0.39 is 0 Å². The van der Waals surface area contributed by atoms with Crippen molar-refractivity contribution in [3.63, 3.8) is 0 Å². The molecule has 1 atom stereocenters. The number of non-ortho nitro benzene ring substituents is 1. The molecule has 4 heteroatoms. The summed E-state index contributed by atoms with van der Waals surface area (Å²) in [4.78, 5) is 10.3. The summed E-state index contributed by atoms with van der Waals surface area (Å²) in [6.45, 7) is 6.99. The van der Waals surface area contributed by atoms with E-state index in [9.17, 15) is 10.1 Å². The Morgan fingerprint density at radius 2 is 2.12 bits per heavy atom. The van der Waals surface area contributed by atoms with Gasteiger partial charge in [-0.2, -0.15) is 0 Å². The Balaban J connectivity index is 2.76. The van der Waals surface area contributed by atoms with Crippen LogP contribution >= 0.6 is 0 Å². The van der Waals surface area contributed by atoms with Gasteiger partial charge in [0.2, 0.25) is 0 Å². The topological polar surface area (TPSA) is 55.2 Å². The van der Waals surface area contributed by atoms with E-state index in [1.165, 1.54) is 0 Å². The molecule has 0 radical (unpaired) electrons. The van der Waals surface area contributed by atoms with Gasteiger partial charge in [0.1, 0.15) is 0 Å². The highest BCUT2D eigenvalue weighted by atomic mass is 16.6. The van der Waals surface area contributed by atoms with E-state index in [-0.39, 0.29) is 10.6 Å². The molecular formula is C12H18N2O2. The number of aryl methyl sites for hydroxylation is 1. The molecule has 0 bridgehead atoms. The molecule has 1 unspecified atom stereocenters. The first-order valence-corrected chi connectivity index (χ1v) is 5.53. The van der Waals surface area contributed by atoms with Crippen LogP contribution in [0, 0.1) is 23.0 Å². The normalized spacial score (nSPS) is 12.2. The summed E-state index contributed by atoms with van der Waals surface area (Å²) in [5.74, 6) is 0.569. The number of rotatable bonds is 5. The third-order valence-electron chi connectivity index (χ3n) is 2.62. The molecule has 1 rings (SSSR count). The third kappa shape index (κ3) is 3.53. The first kappa shape index (κ1) is 12.5. The van der Waals surface area contributed by atoms with Gasteiger partial charge in [0.25, 0.3) is 5.69 Å². The lowest BCUT2D eigenvalue weighted by Crippen LogP contribution is -2.10. The molecule has 1 aromatic carbocycles. The van der Waals surface area contributed by atoms with E-state index in [4.69, 9.17) is 0 Å². The van der Waals surface area contributed by atoms with Crippen LogP contribution in [0.3, 0.4) is 0 Å². The number of anilines is 1. The Morgan fingerprint density at radius 3 is 2.69 bits per heavy atom. The molecule has 0 aliphatic carbocycles. The molecule has 0 saturated carbocycles. The van der Waals surface area contributed by atoms with Crippen molar-refractivity contribution < 1.29 is 4.92 Å². The van der Waals surface area contributed by atoms with E-state index in [1.54, 1.807) is 12.1 Å².